The van der Waals surface area contributed by atoms with Crippen molar-refractivity contribution in [3.63, 3.8) is 0 Å². The van der Waals surface area contributed by atoms with Crippen molar-refractivity contribution in [1.29, 1.82) is 0 Å². The van der Waals surface area contributed by atoms with Crippen molar-refractivity contribution in [2.45, 2.75) is 19.6 Å². The summed E-state index contributed by atoms with van der Waals surface area (Å²) in [6.07, 6.45) is 0. The van der Waals surface area contributed by atoms with Crippen molar-refractivity contribution in [3.8, 4) is 0 Å². The van der Waals surface area contributed by atoms with Crippen molar-refractivity contribution in [3.05, 3.63) is 28.2 Å². The number of piperazine rings is 1. The lowest BCUT2D eigenvalue weighted by Gasteiger charge is -2.34. The van der Waals surface area contributed by atoms with Gasteiger partial charge in [-0.05, 0) is 24.6 Å². The Morgan fingerprint density at radius 3 is 3.00 bits per heavy atom. The number of carbonyl (C=O) groups is 1. The summed E-state index contributed by atoms with van der Waals surface area (Å²) in [4.78, 5) is 13.6. The van der Waals surface area contributed by atoms with Crippen molar-refractivity contribution in [2.24, 2.45) is 0 Å². The monoisotopic (exact) mass is 298 g/mol. The minimum Gasteiger partial charge on any atom is -0.392 e. The number of anilines is 1. The quantitative estimate of drug-likeness (QED) is 0.864. The molecule has 0 spiro atoms. The van der Waals surface area contributed by atoms with Gasteiger partial charge in [0.1, 0.15) is 6.04 Å². The first kappa shape index (κ1) is 12.4. The molecule has 5 heteroatoms. The highest BCUT2D eigenvalue weighted by molar-refractivity contribution is 9.10. The standard InChI is InChI=1S/C12H15BrN2O2/c1-8-12(17)14-4-5-15(8)10-3-2-9(7-16)11(13)6-10/h2-3,6,8,16H,4-5,7H2,1H3,(H,14,17). The smallest absolute Gasteiger partial charge is 0.242 e. The molecule has 1 heterocycles. The molecule has 1 aliphatic heterocycles. The van der Waals surface area contributed by atoms with Gasteiger partial charge in [0.15, 0.2) is 0 Å². The van der Waals surface area contributed by atoms with Crippen molar-refractivity contribution in [1.82, 2.24) is 5.32 Å². The number of aliphatic hydroxyl groups is 1. The van der Waals surface area contributed by atoms with E-state index in [0.29, 0.717) is 6.54 Å². The lowest BCUT2D eigenvalue weighted by molar-refractivity contribution is -0.122. The van der Waals surface area contributed by atoms with Crippen LogP contribution >= 0.6 is 15.9 Å². The molecule has 0 bridgehead atoms. The van der Waals surface area contributed by atoms with Gasteiger partial charge in [-0.25, -0.2) is 0 Å². The van der Waals surface area contributed by atoms with E-state index in [4.69, 9.17) is 5.11 Å². The van der Waals surface area contributed by atoms with Crippen molar-refractivity contribution < 1.29 is 9.90 Å². The maximum absolute atomic E-state index is 11.6. The zero-order valence-electron chi connectivity index (χ0n) is 9.61. The molecule has 0 aliphatic carbocycles. The molecule has 92 valence electrons. The van der Waals surface area contributed by atoms with Crippen molar-refractivity contribution in [2.75, 3.05) is 18.0 Å². The van der Waals surface area contributed by atoms with Crippen LogP contribution in [0.1, 0.15) is 12.5 Å². The van der Waals surface area contributed by atoms with E-state index in [2.05, 4.69) is 26.1 Å². The molecule has 2 rings (SSSR count). The molecule has 1 amide bonds. The molecule has 17 heavy (non-hydrogen) atoms. The molecule has 1 saturated heterocycles. The SMILES string of the molecule is CC1C(=O)NCCN1c1ccc(CO)c(Br)c1. The van der Waals surface area contributed by atoms with Crippen LogP contribution in [0.5, 0.6) is 0 Å². The summed E-state index contributed by atoms with van der Waals surface area (Å²) in [6.45, 7) is 3.37. The van der Waals surface area contributed by atoms with Crippen LogP contribution < -0.4 is 10.2 Å². The van der Waals surface area contributed by atoms with E-state index in [9.17, 15) is 4.79 Å². The van der Waals surface area contributed by atoms with Gasteiger partial charge in [0.05, 0.1) is 6.61 Å². The van der Waals surface area contributed by atoms with Crippen molar-refractivity contribution >= 4 is 27.5 Å². The number of carbonyl (C=O) groups excluding carboxylic acids is 1. The Balaban J connectivity index is 2.27. The highest BCUT2D eigenvalue weighted by atomic mass is 79.9. The molecule has 1 aliphatic rings. The zero-order valence-corrected chi connectivity index (χ0v) is 11.2. The van der Waals surface area contributed by atoms with E-state index in [-0.39, 0.29) is 18.6 Å². The van der Waals surface area contributed by atoms with E-state index in [1.807, 2.05) is 25.1 Å². The fourth-order valence-corrected chi connectivity index (χ4v) is 2.47. The Morgan fingerprint density at radius 1 is 1.59 bits per heavy atom. The average Bonchev–Trinajstić information content (AvgIpc) is 2.32. The predicted octanol–water partition coefficient (Wildman–Crippen LogP) is 1.27. The molecule has 2 N–H and O–H groups in total. The summed E-state index contributed by atoms with van der Waals surface area (Å²) in [7, 11) is 0. The van der Waals surface area contributed by atoms with Crippen LogP contribution in [0.25, 0.3) is 0 Å². The topological polar surface area (TPSA) is 52.6 Å². The summed E-state index contributed by atoms with van der Waals surface area (Å²) in [5.74, 6) is 0.0543. The fraction of sp³-hybridized carbons (Fsp3) is 0.417. The summed E-state index contributed by atoms with van der Waals surface area (Å²) in [5.41, 5.74) is 1.85. The number of nitrogens with zero attached hydrogens (tertiary/aromatic N) is 1. The van der Waals surface area contributed by atoms with Crippen LogP contribution in [-0.2, 0) is 11.4 Å². The normalized spacial score (nSPS) is 20.3. The van der Waals surface area contributed by atoms with E-state index in [1.165, 1.54) is 0 Å². The van der Waals surface area contributed by atoms with Gasteiger partial charge in [-0.1, -0.05) is 22.0 Å². The molecule has 0 radical (unpaired) electrons. The molecular weight excluding hydrogens is 284 g/mol. The lowest BCUT2D eigenvalue weighted by atomic mass is 10.1. The molecule has 0 saturated carbocycles. The summed E-state index contributed by atoms with van der Waals surface area (Å²) >= 11 is 3.42. The summed E-state index contributed by atoms with van der Waals surface area (Å²) in [5, 5.41) is 11.9. The second kappa shape index (κ2) is 5.06. The molecule has 1 aromatic carbocycles. The Labute approximate surface area is 109 Å². The van der Waals surface area contributed by atoms with Gasteiger partial charge in [-0.3, -0.25) is 4.79 Å². The average molecular weight is 299 g/mol. The number of nitrogens with one attached hydrogen (secondary N) is 1. The zero-order chi connectivity index (χ0) is 12.4. The van der Waals surface area contributed by atoms with E-state index in [1.54, 1.807) is 0 Å². The number of hydrogen-bond acceptors (Lipinski definition) is 3. The first-order chi connectivity index (χ1) is 8.13. The maximum atomic E-state index is 11.6. The lowest BCUT2D eigenvalue weighted by Crippen LogP contribution is -2.54. The third-order valence-electron chi connectivity index (χ3n) is 3.04. The predicted molar refractivity (Wildman–Crippen MR) is 69.9 cm³/mol. The number of aliphatic hydroxyl groups excluding tert-OH is 1. The largest absolute Gasteiger partial charge is 0.392 e. The minimum atomic E-state index is -0.157. The molecular formula is C12H15BrN2O2. The molecule has 1 atom stereocenters. The van der Waals surface area contributed by atoms with Crippen LogP contribution in [0.3, 0.4) is 0 Å². The number of benzene rings is 1. The number of halogens is 1. The Hall–Kier alpha value is -1.07. The summed E-state index contributed by atoms with van der Waals surface area (Å²) < 4.78 is 0.871. The third-order valence-corrected chi connectivity index (χ3v) is 3.78. The van der Waals surface area contributed by atoms with E-state index >= 15 is 0 Å². The van der Waals surface area contributed by atoms with Gasteiger partial charge in [-0.15, -0.1) is 0 Å². The third kappa shape index (κ3) is 2.45. The molecule has 4 nitrogen and oxygen atoms in total. The first-order valence-electron chi connectivity index (χ1n) is 5.57. The maximum Gasteiger partial charge on any atom is 0.242 e. The van der Waals surface area contributed by atoms with E-state index < -0.39 is 0 Å². The summed E-state index contributed by atoms with van der Waals surface area (Å²) in [6, 6.07) is 5.60. The second-order valence-corrected chi connectivity index (χ2v) is 4.95. The Kier molecular flexibility index (Phi) is 3.69. The highest BCUT2D eigenvalue weighted by Gasteiger charge is 2.25. The van der Waals surface area contributed by atoms with Crippen LogP contribution in [0.4, 0.5) is 5.69 Å². The molecule has 1 aromatic rings. The van der Waals surface area contributed by atoms with Gasteiger partial charge in [0.2, 0.25) is 5.91 Å². The molecule has 1 unspecified atom stereocenters. The minimum absolute atomic E-state index is 0.0108. The molecule has 1 fully saturated rings. The number of amides is 1. The Bertz CT molecular complexity index is 437. The number of rotatable bonds is 2. The van der Waals surface area contributed by atoms with E-state index in [0.717, 1.165) is 22.3 Å². The molecule has 0 aromatic heterocycles. The van der Waals surface area contributed by atoms with Crippen LogP contribution in [0, 0.1) is 0 Å². The van der Waals surface area contributed by atoms with Gasteiger partial charge in [0.25, 0.3) is 0 Å². The Morgan fingerprint density at radius 2 is 2.35 bits per heavy atom. The second-order valence-electron chi connectivity index (χ2n) is 4.09. The van der Waals surface area contributed by atoms with Gasteiger partial charge in [0, 0.05) is 23.2 Å². The number of hydrogen-bond donors (Lipinski definition) is 2. The van der Waals surface area contributed by atoms with Crippen LogP contribution in [0.15, 0.2) is 22.7 Å². The fourth-order valence-electron chi connectivity index (χ4n) is 1.98. The van der Waals surface area contributed by atoms with Gasteiger partial charge < -0.3 is 15.3 Å². The van der Waals surface area contributed by atoms with Crippen LogP contribution in [-0.4, -0.2) is 30.1 Å². The van der Waals surface area contributed by atoms with Gasteiger partial charge in [-0.2, -0.15) is 0 Å². The first-order valence-corrected chi connectivity index (χ1v) is 6.36. The van der Waals surface area contributed by atoms with Gasteiger partial charge >= 0.3 is 0 Å². The van der Waals surface area contributed by atoms with Crippen LogP contribution in [0.2, 0.25) is 0 Å². The highest BCUT2D eigenvalue weighted by Crippen LogP contribution is 2.26.